The van der Waals surface area contributed by atoms with Crippen LogP contribution < -0.4 is 10.0 Å². The molecule has 0 unspecified atom stereocenters. The van der Waals surface area contributed by atoms with Gasteiger partial charge in [-0.3, -0.25) is 0 Å². The van der Waals surface area contributed by atoms with Gasteiger partial charge in [0.2, 0.25) is 0 Å². The van der Waals surface area contributed by atoms with Crippen LogP contribution in [0.2, 0.25) is 0 Å². The zero-order chi connectivity index (χ0) is 10.3. The van der Waals surface area contributed by atoms with Crippen LogP contribution in [0.4, 0.5) is 0 Å². The largest absolute Gasteiger partial charge is 0.857 e. The molecule has 0 amide bonds. The van der Waals surface area contributed by atoms with Gasteiger partial charge in [-0.2, -0.15) is 7.11 Å². The fourth-order valence-electron chi connectivity index (χ4n) is 2.00. The van der Waals surface area contributed by atoms with Crippen molar-refractivity contribution in [2.75, 3.05) is 7.11 Å². The second-order valence-electron chi connectivity index (χ2n) is 3.96. The minimum absolute atomic E-state index is 0.750. The molecule has 0 aromatic heterocycles. The highest BCUT2D eigenvalue weighted by Gasteiger charge is 2.19. The fourth-order valence-corrected chi connectivity index (χ4v) is 2.00. The Kier molecular flexibility index (Phi) is 9.10. The lowest BCUT2D eigenvalue weighted by Gasteiger charge is -2.31. The van der Waals surface area contributed by atoms with Crippen molar-refractivity contribution < 1.29 is 10.0 Å². The normalized spacial score (nSPS) is 11.0. The number of hydrogen-bond acceptors (Lipinski definition) is 1. The molecule has 0 aromatic carbocycles. The molecule has 1 N–H and O–H groups in total. The Morgan fingerprint density at radius 1 is 0.667 bits per heavy atom. The summed E-state index contributed by atoms with van der Waals surface area (Å²) in [6, 6.07) is 2.25. The van der Waals surface area contributed by atoms with Gasteiger partial charge in [-0.15, -0.1) is 0 Å². The van der Waals surface area contributed by atoms with E-state index in [0.717, 1.165) is 25.2 Å². The summed E-state index contributed by atoms with van der Waals surface area (Å²) in [7, 11) is 0.750. The lowest BCUT2D eigenvalue weighted by molar-refractivity contribution is -0.962. The molecule has 76 valence electrons. The molecule has 0 aliphatic rings. The van der Waals surface area contributed by atoms with Crippen molar-refractivity contribution in [1.29, 1.82) is 0 Å². The number of hydrogen-bond donors (Lipinski definition) is 1. The highest BCUT2D eigenvalue weighted by Crippen LogP contribution is 1.81. The first-order chi connectivity index (χ1) is 5.46. The van der Waals surface area contributed by atoms with Crippen LogP contribution in [0, 0.1) is 0 Å². The van der Waals surface area contributed by atoms with Crippen LogP contribution in [0.25, 0.3) is 0 Å². The third-order valence-electron chi connectivity index (χ3n) is 2.00. The first-order valence-electron chi connectivity index (χ1n) is 4.74. The summed E-state index contributed by atoms with van der Waals surface area (Å²) in [5.74, 6) is 0. The molecule has 0 rings (SSSR count). The topological polar surface area (TPSA) is 27.5 Å². The molecule has 0 aromatic rings. The standard InChI is InChI=1S/C9H21N.CH3O/c1-7(2)10(8(3)4)9(5)6;1-2/h7-9H,1-6H3;1H3/q;-1/p+1. The molecule has 0 bridgehead atoms. The Labute approximate surface area is 77.6 Å². The van der Waals surface area contributed by atoms with Gasteiger partial charge in [0, 0.05) is 0 Å². The van der Waals surface area contributed by atoms with Gasteiger partial charge < -0.3 is 10.0 Å². The molecular weight excluding hydrogens is 150 g/mol. The molecule has 0 atom stereocenters. The summed E-state index contributed by atoms with van der Waals surface area (Å²) in [6.07, 6.45) is 0. The van der Waals surface area contributed by atoms with Crippen LogP contribution >= 0.6 is 0 Å². The number of nitrogens with one attached hydrogen (secondary N) is 1. The summed E-state index contributed by atoms with van der Waals surface area (Å²) in [5, 5.41) is 8.25. The molecule has 0 aliphatic heterocycles. The van der Waals surface area contributed by atoms with Crippen LogP contribution in [0.3, 0.4) is 0 Å². The van der Waals surface area contributed by atoms with E-state index in [4.69, 9.17) is 5.11 Å². The third kappa shape index (κ3) is 5.56. The number of rotatable bonds is 3. The summed E-state index contributed by atoms with van der Waals surface area (Å²) >= 11 is 0. The van der Waals surface area contributed by atoms with Crippen molar-refractivity contribution in [3.8, 4) is 0 Å². The zero-order valence-electron chi connectivity index (χ0n) is 9.64. The van der Waals surface area contributed by atoms with E-state index < -0.39 is 0 Å². The van der Waals surface area contributed by atoms with Gasteiger partial charge in [-0.1, -0.05) is 0 Å². The van der Waals surface area contributed by atoms with Crippen LogP contribution in [0.15, 0.2) is 0 Å². The maximum absolute atomic E-state index is 8.25. The molecule has 0 saturated heterocycles. The van der Waals surface area contributed by atoms with Crippen molar-refractivity contribution in [3.63, 3.8) is 0 Å². The van der Waals surface area contributed by atoms with E-state index in [1.807, 2.05) is 0 Å². The molecule has 0 radical (unpaired) electrons. The van der Waals surface area contributed by atoms with E-state index >= 15 is 0 Å². The second-order valence-corrected chi connectivity index (χ2v) is 3.96. The highest BCUT2D eigenvalue weighted by atomic mass is 16.2. The minimum atomic E-state index is 0.750. The minimum Gasteiger partial charge on any atom is -0.857 e. The van der Waals surface area contributed by atoms with Crippen molar-refractivity contribution >= 4 is 0 Å². The van der Waals surface area contributed by atoms with E-state index in [-0.39, 0.29) is 0 Å². The predicted octanol–water partition coefficient (Wildman–Crippen LogP) is 0.0730. The first kappa shape index (κ1) is 14.4. The van der Waals surface area contributed by atoms with Crippen LogP contribution in [0.5, 0.6) is 0 Å². The monoisotopic (exact) mass is 175 g/mol. The van der Waals surface area contributed by atoms with Gasteiger partial charge in [-0.05, 0) is 41.5 Å². The smallest absolute Gasteiger partial charge is 0.0821 e. The van der Waals surface area contributed by atoms with E-state index in [0.29, 0.717) is 0 Å². The number of quaternary nitrogens is 1. The van der Waals surface area contributed by atoms with Crippen molar-refractivity contribution in [2.45, 2.75) is 59.7 Å². The zero-order valence-corrected chi connectivity index (χ0v) is 9.64. The van der Waals surface area contributed by atoms with E-state index in [1.54, 1.807) is 4.90 Å². The Bertz CT molecular complexity index is 70.8. The van der Waals surface area contributed by atoms with Crippen LogP contribution in [0.1, 0.15) is 41.5 Å². The fraction of sp³-hybridized carbons (Fsp3) is 1.00. The maximum Gasteiger partial charge on any atom is 0.0821 e. The lowest BCUT2D eigenvalue weighted by Crippen LogP contribution is -3.20. The quantitative estimate of drug-likeness (QED) is 0.646. The molecule has 12 heavy (non-hydrogen) atoms. The molecule has 0 aliphatic carbocycles. The predicted molar refractivity (Wildman–Crippen MR) is 52.3 cm³/mol. The van der Waals surface area contributed by atoms with Gasteiger partial charge in [0.25, 0.3) is 0 Å². The van der Waals surface area contributed by atoms with Gasteiger partial charge in [-0.25, -0.2) is 0 Å². The Balaban J connectivity index is 0. The van der Waals surface area contributed by atoms with Gasteiger partial charge in [0.1, 0.15) is 0 Å². The summed E-state index contributed by atoms with van der Waals surface area (Å²) in [6.45, 7) is 13.7. The Morgan fingerprint density at radius 3 is 0.833 bits per heavy atom. The average molecular weight is 175 g/mol. The molecule has 2 heteroatoms. The average Bonchev–Trinajstić information content (AvgIpc) is 1.88. The van der Waals surface area contributed by atoms with Gasteiger partial charge in [0.15, 0.2) is 0 Å². The van der Waals surface area contributed by atoms with Gasteiger partial charge >= 0.3 is 0 Å². The molecule has 0 spiro atoms. The lowest BCUT2D eigenvalue weighted by atomic mass is 10.2. The van der Waals surface area contributed by atoms with Crippen LogP contribution in [-0.4, -0.2) is 25.2 Å². The Hall–Kier alpha value is -0.0800. The summed E-state index contributed by atoms with van der Waals surface area (Å²) in [5.41, 5.74) is 0. The van der Waals surface area contributed by atoms with Crippen molar-refractivity contribution in [1.82, 2.24) is 0 Å². The highest BCUT2D eigenvalue weighted by molar-refractivity contribution is 4.45. The van der Waals surface area contributed by atoms with E-state index in [2.05, 4.69) is 41.5 Å². The van der Waals surface area contributed by atoms with Gasteiger partial charge in [0.05, 0.1) is 18.1 Å². The molecular formula is C10H25NO. The SMILES string of the molecule is CC(C)[NH+](C(C)C)C(C)C.C[O-]. The van der Waals surface area contributed by atoms with Crippen molar-refractivity contribution in [2.24, 2.45) is 0 Å². The van der Waals surface area contributed by atoms with E-state index in [1.165, 1.54) is 0 Å². The van der Waals surface area contributed by atoms with E-state index in [9.17, 15) is 0 Å². The molecule has 2 nitrogen and oxygen atoms in total. The molecule has 0 heterocycles. The Morgan fingerprint density at radius 2 is 0.833 bits per heavy atom. The summed E-state index contributed by atoms with van der Waals surface area (Å²) < 4.78 is 0. The van der Waals surface area contributed by atoms with Crippen LogP contribution in [-0.2, 0) is 0 Å². The van der Waals surface area contributed by atoms with Crippen molar-refractivity contribution in [3.05, 3.63) is 0 Å². The maximum atomic E-state index is 8.25. The first-order valence-corrected chi connectivity index (χ1v) is 4.74. The third-order valence-corrected chi connectivity index (χ3v) is 2.00. The molecule has 0 saturated carbocycles. The molecule has 0 fully saturated rings. The second kappa shape index (κ2) is 7.56. The summed E-state index contributed by atoms with van der Waals surface area (Å²) in [4.78, 5) is 1.69.